The second-order valence-electron chi connectivity index (χ2n) is 2.23. The van der Waals surface area contributed by atoms with Gasteiger partial charge in [-0.3, -0.25) is 0 Å². The Morgan fingerprint density at radius 3 is 3.00 bits per heavy atom. The molecule has 0 fully saturated rings. The van der Waals surface area contributed by atoms with Crippen molar-refractivity contribution in [3.63, 3.8) is 0 Å². The molecule has 11 heavy (non-hydrogen) atoms. The minimum absolute atomic E-state index is 0.567. The molecule has 4 heteroatoms. The van der Waals surface area contributed by atoms with Gasteiger partial charge in [-0.1, -0.05) is 11.6 Å². The van der Waals surface area contributed by atoms with E-state index in [1.54, 1.807) is 18.3 Å². The summed E-state index contributed by atoms with van der Waals surface area (Å²) in [5.41, 5.74) is 1.25. The van der Waals surface area contributed by atoms with Crippen LogP contribution in [0.2, 0.25) is 5.02 Å². The average Bonchev–Trinajstić information content (AvgIpc) is 2.45. The van der Waals surface area contributed by atoms with E-state index in [0.29, 0.717) is 16.1 Å². The summed E-state index contributed by atoms with van der Waals surface area (Å²) in [6.07, 6.45) is 3.07. The molecule has 0 saturated carbocycles. The van der Waals surface area contributed by atoms with Crippen molar-refractivity contribution < 1.29 is 4.73 Å². The Morgan fingerprint density at radius 2 is 2.27 bits per heavy atom. The first-order valence-corrected chi connectivity index (χ1v) is 3.51. The highest BCUT2D eigenvalue weighted by Gasteiger charge is 2.06. The number of halogens is 1. The van der Waals surface area contributed by atoms with Crippen LogP contribution in [-0.4, -0.2) is 4.98 Å². The molecule has 0 bridgehead atoms. The first kappa shape index (κ1) is 6.49. The molecule has 0 aliphatic heterocycles. The quantitative estimate of drug-likeness (QED) is 0.470. The fourth-order valence-corrected chi connectivity index (χ4v) is 1.24. The molecule has 0 aliphatic carbocycles. The molecule has 2 aromatic rings. The average molecular weight is 169 g/mol. The van der Waals surface area contributed by atoms with Gasteiger partial charge in [-0.25, -0.2) is 0 Å². The molecule has 0 atom stereocenters. The Hall–Kier alpha value is -1.22. The van der Waals surface area contributed by atoms with Crippen molar-refractivity contribution in [2.45, 2.75) is 0 Å². The number of aromatic nitrogens is 2. The van der Waals surface area contributed by atoms with Crippen molar-refractivity contribution in [3.05, 3.63) is 34.8 Å². The second kappa shape index (κ2) is 2.13. The largest absolute Gasteiger partial charge is 0.618 e. The van der Waals surface area contributed by atoms with Gasteiger partial charge in [0.25, 0.3) is 0 Å². The maximum atomic E-state index is 11.0. The topological polar surface area (TPSA) is 42.7 Å². The molecule has 2 rings (SSSR count). The number of H-pyrrole nitrogens is 1. The van der Waals surface area contributed by atoms with Crippen molar-refractivity contribution >= 4 is 22.6 Å². The molecule has 2 heterocycles. The van der Waals surface area contributed by atoms with E-state index in [-0.39, 0.29) is 0 Å². The summed E-state index contributed by atoms with van der Waals surface area (Å²) in [6.45, 7) is 0. The van der Waals surface area contributed by atoms with E-state index in [4.69, 9.17) is 11.6 Å². The third-order valence-electron chi connectivity index (χ3n) is 1.56. The number of rotatable bonds is 0. The van der Waals surface area contributed by atoms with Crippen molar-refractivity contribution in [2.24, 2.45) is 0 Å². The molecular formula is C7H5ClN2O. The van der Waals surface area contributed by atoms with Gasteiger partial charge in [-0.15, -0.1) is 0 Å². The number of hydrogen-bond acceptors (Lipinski definition) is 1. The molecule has 0 spiro atoms. The van der Waals surface area contributed by atoms with Gasteiger partial charge < -0.3 is 10.2 Å². The normalized spacial score (nSPS) is 10.6. The highest BCUT2D eigenvalue weighted by molar-refractivity contribution is 6.34. The minimum Gasteiger partial charge on any atom is -0.618 e. The lowest BCUT2D eigenvalue weighted by Gasteiger charge is -1.96. The summed E-state index contributed by atoms with van der Waals surface area (Å²) in [5.74, 6) is 0. The minimum atomic E-state index is 0.567. The van der Waals surface area contributed by atoms with Gasteiger partial charge in [0.1, 0.15) is 5.52 Å². The third-order valence-corrected chi connectivity index (χ3v) is 1.87. The van der Waals surface area contributed by atoms with Crippen LogP contribution in [0.3, 0.4) is 0 Å². The number of pyridine rings is 1. The first-order valence-electron chi connectivity index (χ1n) is 3.14. The van der Waals surface area contributed by atoms with Gasteiger partial charge in [0.15, 0.2) is 6.20 Å². The number of nitrogens with zero attached hydrogens (tertiary/aromatic N) is 1. The molecular weight excluding hydrogens is 164 g/mol. The zero-order valence-corrected chi connectivity index (χ0v) is 6.30. The molecule has 0 radical (unpaired) electrons. The Balaban J connectivity index is 2.96. The van der Waals surface area contributed by atoms with Crippen LogP contribution in [0.5, 0.6) is 0 Å². The number of nitrogens with one attached hydrogen (secondary N) is 1. The van der Waals surface area contributed by atoms with Crippen LogP contribution in [0.15, 0.2) is 24.5 Å². The SMILES string of the molecule is [O-][n+]1ccc(Cl)c2[nH]ccc21. The van der Waals surface area contributed by atoms with Gasteiger partial charge >= 0.3 is 0 Å². The number of hydrogen-bond donors (Lipinski definition) is 1. The van der Waals surface area contributed by atoms with Gasteiger partial charge in [0, 0.05) is 18.3 Å². The Kier molecular flexibility index (Phi) is 1.26. The van der Waals surface area contributed by atoms with Crippen molar-refractivity contribution in [3.8, 4) is 0 Å². The summed E-state index contributed by atoms with van der Waals surface area (Å²) < 4.78 is 0.776. The Morgan fingerprint density at radius 1 is 1.45 bits per heavy atom. The molecule has 1 N–H and O–H groups in total. The molecule has 0 aliphatic rings. The summed E-state index contributed by atoms with van der Waals surface area (Å²) in [4.78, 5) is 2.88. The standard InChI is InChI=1S/C7H5ClN2O/c8-5-2-4-10(11)6-1-3-9-7(5)6/h1-4,9H. The van der Waals surface area contributed by atoms with Crippen LogP contribution in [0.1, 0.15) is 0 Å². The van der Waals surface area contributed by atoms with Crippen LogP contribution in [0.4, 0.5) is 0 Å². The summed E-state index contributed by atoms with van der Waals surface area (Å²) in [5, 5.41) is 11.6. The Bertz CT molecular complexity index is 360. The molecule has 2 aromatic heterocycles. The van der Waals surface area contributed by atoms with Crippen LogP contribution in [0, 0.1) is 5.21 Å². The molecule has 0 amide bonds. The van der Waals surface area contributed by atoms with E-state index < -0.39 is 0 Å². The number of fused-ring (bicyclic) bond motifs is 1. The van der Waals surface area contributed by atoms with E-state index in [9.17, 15) is 5.21 Å². The van der Waals surface area contributed by atoms with E-state index in [1.165, 1.54) is 6.20 Å². The predicted octanol–water partition coefficient (Wildman–Crippen LogP) is 1.45. The highest BCUT2D eigenvalue weighted by Crippen LogP contribution is 2.17. The second-order valence-corrected chi connectivity index (χ2v) is 2.63. The van der Waals surface area contributed by atoms with Crippen LogP contribution >= 0.6 is 11.6 Å². The van der Waals surface area contributed by atoms with Crippen LogP contribution in [0.25, 0.3) is 11.0 Å². The summed E-state index contributed by atoms with van der Waals surface area (Å²) >= 11 is 5.79. The van der Waals surface area contributed by atoms with E-state index in [1.807, 2.05) is 0 Å². The molecule has 0 saturated heterocycles. The fourth-order valence-electron chi connectivity index (χ4n) is 1.03. The molecule has 3 nitrogen and oxygen atoms in total. The maximum absolute atomic E-state index is 11.0. The molecule has 0 unspecified atom stereocenters. The Labute approximate surface area is 67.8 Å². The lowest BCUT2D eigenvalue weighted by atomic mass is 10.4. The third kappa shape index (κ3) is 0.851. The van der Waals surface area contributed by atoms with E-state index in [2.05, 4.69) is 4.98 Å². The van der Waals surface area contributed by atoms with Gasteiger partial charge in [0.2, 0.25) is 5.52 Å². The van der Waals surface area contributed by atoms with Crippen molar-refractivity contribution in [1.29, 1.82) is 0 Å². The lowest BCUT2D eigenvalue weighted by Crippen LogP contribution is -2.25. The number of aromatic amines is 1. The van der Waals surface area contributed by atoms with Crippen molar-refractivity contribution in [2.75, 3.05) is 0 Å². The van der Waals surface area contributed by atoms with E-state index >= 15 is 0 Å². The van der Waals surface area contributed by atoms with Gasteiger partial charge in [0.05, 0.1) is 5.02 Å². The van der Waals surface area contributed by atoms with Gasteiger partial charge in [-0.2, -0.15) is 4.73 Å². The van der Waals surface area contributed by atoms with E-state index in [0.717, 1.165) is 4.73 Å². The van der Waals surface area contributed by atoms with Crippen LogP contribution in [-0.2, 0) is 0 Å². The predicted molar refractivity (Wildman–Crippen MR) is 42.3 cm³/mol. The summed E-state index contributed by atoms with van der Waals surface area (Å²) in [7, 11) is 0. The smallest absolute Gasteiger partial charge is 0.243 e. The maximum Gasteiger partial charge on any atom is 0.243 e. The van der Waals surface area contributed by atoms with Crippen molar-refractivity contribution in [1.82, 2.24) is 4.98 Å². The monoisotopic (exact) mass is 168 g/mol. The fraction of sp³-hybridized carbons (Fsp3) is 0. The van der Waals surface area contributed by atoms with Gasteiger partial charge in [-0.05, 0) is 0 Å². The molecule has 0 aromatic carbocycles. The van der Waals surface area contributed by atoms with Crippen LogP contribution < -0.4 is 4.73 Å². The lowest BCUT2D eigenvalue weighted by molar-refractivity contribution is -0.576. The highest BCUT2D eigenvalue weighted by atomic mass is 35.5. The first-order chi connectivity index (χ1) is 5.29. The zero-order valence-electron chi connectivity index (χ0n) is 5.54. The summed E-state index contributed by atoms with van der Waals surface area (Å²) in [6, 6.07) is 3.25. The molecule has 56 valence electrons. The zero-order chi connectivity index (χ0) is 7.84.